The normalized spacial score (nSPS) is 10.2. The molecule has 0 saturated heterocycles. The van der Waals surface area contributed by atoms with Crippen LogP contribution < -0.4 is 10.6 Å². The second-order valence-electron chi connectivity index (χ2n) is 4.19. The van der Waals surface area contributed by atoms with Crippen molar-refractivity contribution in [3.8, 4) is 0 Å². The van der Waals surface area contributed by atoms with E-state index in [2.05, 4.69) is 10.6 Å². The van der Waals surface area contributed by atoms with Crippen LogP contribution in [-0.2, 0) is 6.42 Å². The van der Waals surface area contributed by atoms with Crippen molar-refractivity contribution in [1.29, 1.82) is 0 Å². The number of benzene rings is 2. The van der Waals surface area contributed by atoms with Crippen molar-refractivity contribution >= 4 is 40.6 Å². The molecule has 0 heterocycles. The van der Waals surface area contributed by atoms with Gasteiger partial charge in [-0.3, -0.25) is 0 Å². The summed E-state index contributed by atoms with van der Waals surface area (Å²) in [4.78, 5) is 12.0. The number of aryl methyl sites for hydroxylation is 1. The number of rotatable bonds is 3. The Labute approximate surface area is 127 Å². The van der Waals surface area contributed by atoms with Gasteiger partial charge in [0.15, 0.2) is 0 Å². The van der Waals surface area contributed by atoms with Gasteiger partial charge in [-0.2, -0.15) is 0 Å². The quantitative estimate of drug-likeness (QED) is 0.804. The van der Waals surface area contributed by atoms with Crippen LogP contribution in [0.4, 0.5) is 16.2 Å². The lowest BCUT2D eigenvalue weighted by Crippen LogP contribution is -2.20. The van der Waals surface area contributed by atoms with Gasteiger partial charge in [0.05, 0.1) is 15.7 Å². The van der Waals surface area contributed by atoms with Crippen molar-refractivity contribution in [1.82, 2.24) is 0 Å². The molecule has 0 bridgehead atoms. The second kappa shape index (κ2) is 6.64. The van der Waals surface area contributed by atoms with Crippen LogP contribution in [0.25, 0.3) is 0 Å². The van der Waals surface area contributed by atoms with Crippen LogP contribution in [0.2, 0.25) is 10.0 Å². The molecule has 0 fully saturated rings. The van der Waals surface area contributed by atoms with Gasteiger partial charge in [0, 0.05) is 5.69 Å². The molecule has 5 heteroatoms. The summed E-state index contributed by atoms with van der Waals surface area (Å²) in [5.41, 5.74) is 2.24. The maximum absolute atomic E-state index is 12.0. The number of para-hydroxylation sites is 2. The number of carbonyl (C=O) groups is 1. The van der Waals surface area contributed by atoms with Crippen molar-refractivity contribution in [3.05, 3.63) is 58.1 Å². The lowest BCUT2D eigenvalue weighted by atomic mass is 10.1. The Balaban J connectivity index is 2.13. The van der Waals surface area contributed by atoms with Gasteiger partial charge < -0.3 is 10.6 Å². The minimum Gasteiger partial charge on any atom is -0.307 e. The minimum absolute atomic E-state index is 0.374. The number of halogens is 2. The van der Waals surface area contributed by atoms with Gasteiger partial charge >= 0.3 is 6.03 Å². The molecular weight excluding hydrogens is 295 g/mol. The molecule has 2 aromatic carbocycles. The number of nitrogens with one attached hydrogen (secondary N) is 2. The molecule has 0 radical (unpaired) electrons. The molecule has 2 N–H and O–H groups in total. The van der Waals surface area contributed by atoms with E-state index in [0.717, 1.165) is 17.7 Å². The van der Waals surface area contributed by atoms with E-state index in [9.17, 15) is 4.79 Å². The van der Waals surface area contributed by atoms with Crippen LogP contribution in [0.3, 0.4) is 0 Å². The maximum atomic E-state index is 12.0. The summed E-state index contributed by atoms with van der Waals surface area (Å²) in [6.07, 6.45) is 0.837. The Morgan fingerprint density at radius 2 is 1.65 bits per heavy atom. The topological polar surface area (TPSA) is 41.1 Å². The Hall–Kier alpha value is -1.71. The van der Waals surface area contributed by atoms with Crippen LogP contribution in [0.5, 0.6) is 0 Å². The highest BCUT2D eigenvalue weighted by atomic mass is 35.5. The summed E-state index contributed by atoms with van der Waals surface area (Å²) < 4.78 is 0. The van der Waals surface area contributed by atoms with Crippen LogP contribution in [-0.4, -0.2) is 6.03 Å². The van der Waals surface area contributed by atoms with Crippen molar-refractivity contribution in [2.45, 2.75) is 13.3 Å². The molecular formula is C15H14Cl2N2O. The number of hydrogen-bond donors (Lipinski definition) is 2. The highest BCUT2D eigenvalue weighted by Crippen LogP contribution is 2.30. The molecule has 0 saturated carbocycles. The van der Waals surface area contributed by atoms with Crippen LogP contribution in [0.15, 0.2) is 42.5 Å². The lowest BCUT2D eigenvalue weighted by molar-refractivity contribution is 0.262. The summed E-state index contributed by atoms with van der Waals surface area (Å²) in [6, 6.07) is 12.3. The molecule has 0 spiro atoms. The summed E-state index contributed by atoms with van der Waals surface area (Å²) in [5, 5.41) is 6.26. The zero-order valence-electron chi connectivity index (χ0n) is 10.9. The van der Waals surface area contributed by atoms with Crippen LogP contribution in [0, 0.1) is 0 Å². The van der Waals surface area contributed by atoms with E-state index in [1.165, 1.54) is 0 Å². The summed E-state index contributed by atoms with van der Waals surface area (Å²) in [6.45, 7) is 2.03. The van der Waals surface area contributed by atoms with E-state index >= 15 is 0 Å². The molecule has 104 valence electrons. The third-order valence-electron chi connectivity index (χ3n) is 2.85. The zero-order chi connectivity index (χ0) is 14.5. The number of carbonyl (C=O) groups excluding carboxylic acids is 1. The molecule has 0 aliphatic carbocycles. The first kappa shape index (κ1) is 14.7. The van der Waals surface area contributed by atoms with E-state index in [4.69, 9.17) is 23.2 Å². The van der Waals surface area contributed by atoms with Crippen molar-refractivity contribution < 1.29 is 4.79 Å². The highest BCUT2D eigenvalue weighted by Gasteiger charge is 2.10. The van der Waals surface area contributed by atoms with Gasteiger partial charge in [-0.05, 0) is 30.2 Å². The summed E-state index contributed by atoms with van der Waals surface area (Å²) in [5.74, 6) is 0. The third kappa shape index (κ3) is 3.44. The molecule has 2 rings (SSSR count). The Morgan fingerprint density at radius 1 is 1.00 bits per heavy atom. The van der Waals surface area contributed by atoms with E-state index in [-0.39, 0.29) is 6.03 Å². The lowest BCUT2D eigenvalue weighted by Gasteiger charge is -2.12. The predicted octanol–water partition coefficient (Wildman–Crippen LogP) is 5.20. The van der Waals surface area contributed by atoms with Crippen molar-refractivity contribution in [2.24, 2.45) is 0 Å². The number of urea groups is 1. The monoisotopic (exact) mass is 308 g/mol. The van der Waals surface area contributed by atoms with Gasteiger partial charge in [-0.25, -0.2) is 4.79 Å². The molecule has 20 heavy (non-hydrogen) atoms. The number of hydrogen-bond acceptors (Lipinski definition) is 1. The fourth-order valence-electron chi connectivity index (χ4n) is 1.83. The van der Waals surface area contributed by atoms with Gasteiger partial charge in [0.1, 0.15) is 0 Å². The predicted molar refractivity (Wildman–Crippen MR) is 84.9 cm³/mol. The smallest absolute Gasteiger partial charge is 0.307 e. The van der Waals surface area contributed by atoms with Crippen molar-refractivity contribution in [2.75, 3.05) is 10.6 Å². The number of amides is 2. The zero-order valence-corrected chi connectivity index (χ0v) is 12.4. The molecule has 0 aliphatic rings. The van der Waals surface area contributed by atoms with E-state index in [1.54, 1.807) is 18.2 Å². The standard InChI is InChI=1S/C15H14Cl2N2O/c1-2-10-6-3-4-9-13(10)18-15(20)19-14-11(16)7-5-8-12(14)17/h3-9H,2H2,1H3,(H2,18,19,20). The summed E-state index contributed by atoms with van der Waals surface area (Å²) in [7, 11) is 0. The fraction of sp³-hybridized carbons (Fsp3) is 0.133. The minimum atomic E-state index is -0.374. The first-order chi connectivity index (χ1) is 9.61. The molecule has 0 aromatic heterocycles. The van der Waals surface area contributed by atoms with E-state index in [1.807, 2.05) is 31.2 Å². The molecule has 0 unspecified atom stereocenters. The second-order valence-corrected chi connectivity index (χ2v) is 5.00. The molecule has 3 nitrogen and oxygen atoms in total. The van der Waals surface area contributed by atoms with Gasteiger partial charge in [-0.1, -0.05) is 54.4 Å². The van der Waals surface area contributed by atoms with Gasteiger partial charge in [0.25, 0.3) is 0 Å². The molecule has 0 aliphatic heterocycles. The first-order valence-electron chi connectivity index (χ1n) is 6.21. The molecule has 2 amide bonds. The Kier molecular flexibility index (Phi) is 4.88. The van der Waals surface area contributed by atoms with Gasteiger partial charge in [0.2, 0.25) is 0 Å². The van der Waals surface area contributed by atoms with Crippen LogP contribution >= 0.6 is 23.2 Å². The Morgan fingerprint density at radius 3 is 2.30 bits per heavy atom. The molecule has 0 atom stereocenters. The summed E-state index contributed by atoms with van der Waals surface area (Å²) >= 11 is 12.0. The maximum Gasteiger partial charge on any atom is 0.323 e. The fourth-order valence-corrected chi connectivity index (χ4v) is 2.33. The third-order valence-corrected chi connectivity index (χ3v) is 3.48. The van der Waals surface area contributed by atoms with Crippen molar-refractivity contribution in [3.63, 3.8) is 0 Å². The molecule has 2 aromatic rings. The SMILES string of the molecule is CCc1ccccc1NC(=O)Nc1c(Cl)cccc1Cl. The highest BCUT2D eigenvalue weighted by molar-refractivity contribution is 6.39. The largest absolute Gasteiger partial charge is 0.323 e. The Bertz CT molecular complexity index is 609. The van der Waals surface area contributed by atoms with Gasteiger partial charge in [-0.15, -0.1) is 0 Å². The van der Waals surface area contributed by atoms with Crippen LogP contribution in [0.1, 0.15) is 12.5 Å². The van der Waals surface area contributed by atoms with E-state index in [0.29, 0.717) is 15.7 Å². The first-order valence-corrected chi connectivity index (χ1v) is 6.97. The average molecular weight is 309 g/mol. The van der Waals surface area contributed by atoms with E-state index < -0.39 is 0 Å². The average Bonchev–Trinajstić information content (AvgIpc) is 2.44. The number of anilines is 2.